The molecule has 0 bridgehead atoms. The summed E-state index contributed by atoms with van der Waals surface area (Å²) in [5.41, 5.74) is 1.14. The molecule has 0 fully saturated rings. The summed E-state index contributed by atoms with van der Waals surface area (Å²) < 4.78 is 0. The molecule has 4 nitrogen and oxygen atoms in total. The summed E-state index contributed by atoms with van der Waals surface area (Å²) in [6.45, 7) is 9.79. The van der Waals surface area contributed by atoms with E-state index in [4.69, 9.17) is 0 Å². The van der Waals surface area contributed by atoms with Crippen LogP contribution in [-0.2, 0) is 0 Å². The van der Waals surface area contributed by atoms with Gasteiger partial charge in [-0.1, -0.05) is 27.7 Å². The molecule has 0 spiro atoms. The Morgan fingerprint density at radius 3 is 2.68 bits per heavy atom. The number of pyridine rings is 1. The molecule has 1 aromatic rings. The molecule has 0 amide bonds. The molecule has 1 rings (SSSR count). The highest BCUT2D eigenvalue weighted by Gasteiger charge is 2.23. The molecule has 1 heterocycles. The smallest absolute Gasteiger partial charge is 0.127 e. The molecule has 0 saturated heterocycles. The average molecular weight is 265 g/mol. The minimum atomic E-state index is 0.100. The molecule has 0 radical (unpaired) electrons. The van der Waals surface area contributed by atoms with Crippen LogP contribution < -0.4 is 10.6 Å². The van der Waals surface area contributed by atoms with Crippen LogP contribution in [0.4, 0.5) is 11.5 Å². The molecule has 0 aliphatic heterocycles. The molecule has 108 valence electrons. The Bertz CT molecular complexity index is 374. The van der Waals surface area contributed by atoms with E-state index in [1.165, 1.54) is 0 Å². The summed E-state index contributed by atoms with van der Waals surface area (Å²) in [5.74, 6) is 0.892. The summed E-state index contributed by atoms with van der Waals surface area (Å²) in [5, 5.41) is 16.0. The predicted octanol–water partition coefficient (Wildman–Crippen LogP) is 3.11. The first-order chi connectivity index (χ1) is 8.97. The number of rotatable bonds is 7. The van der Waals surface area contributed by atoms with Gasteiger partial charge in [-0.3, -0.25) is 0 Å². The van der Waals surface area contributed by atoms with Gasteiger partial charge in [0.25, 0.3) is 0 Å². The second-order valence-electron chi connectivity index (χ2n) is 5.93. The van der Waals surface area contributed by atoms with Gasteiger partial charge in [0.1, 0.15) is 5.82 Å². The van der Waals surface area contributed by atoms with Gasteiger partial charge in [-0.05, 0) is 24.3 Å². The van der Waals surface area contributed by atoms with Crippen LogP contribution >= 0.6 is 0 Å². The third-order valence-electron chi connectivity index (χ3n) is 3.12. The van der Waals surface area contributed by atoms with Crippen molar-refractivity contribution in [1.82, 2.24) is 4.98 Å². The highest BCUT2D eigenvalue weighted by molar-refractivity contribution is 5.52. The Hall–Kier alpha value is -1.29. The molecule has 0 aromatic carbocycles. The molecule has 1 unspecified atom stereocenters. The fraction of sp³-hybridized carbons (Fsp3) is 0.667. The van der Waals surface area contributed by atoms with Crippen LogP contribution in [0.25, 0.3) is 0 Å². The van der Waals surface area contributed by atoms with Crippen molar-refractivity contribution in [3.8, 4) is 0 Å². The van der Waals surface area contributed by atoms with Crippen molar-refractivity contribution in [2.75, 3.05) is 23.8 Å². The second-order valence-corrected chi connectivity index (χ2v) is 5.93. The maximum Gasteiger partial charge on any atom is 0.127 e. The van der Waals surface area contributed by atoms with Crippen molar-refractivity contribution < 1.29 is 5.11 Å². The lowest BCUT2D eigenvalue weighted by Gasteiger charge is -2.32. The van der Waals surface area contributed by atoms with Crippen LogP contribution in [0.1, 0.15) is 40.5 Å². The average Bonchev–Trinajstić information content (AvgIpc) is 2.35. The van der Waals surface area contributed by atoms with Gasteiger partial charge in [0.15, 0.2) is 0 Å². The first kappa shape index (κ1) is 15.8. The molecular formula is C15H27N3O. The number of aliphatic hydroxyl groups excluding tert-OH is 1. The highest BCUT2D eigenvalue weighted by Crippen LogP contribution is 2.26. The number of nitrogens with one attached hydrogen (secondary N) is 2. The summed E-state index contributed by atoms with van der Waals surface area (Å²) >= 11 is 0. The lowest BCUT2D eigenvalue weighted by molar-refractivity contribution is 0.235. The largest absolute Gasteiger partial charge is 0.396 e. The van der Waals surface area contributed by atoms with Crippen LogP contribution in [-0.4, -0.2) is 29.3 Å². The quantitative estimate of drug-likeness (QED) is 0.709. The number of aromatic nitrogens is 1. The van der Waals surface area contributed by atoms with Gasteiger partial charge in [0.05, 0.1) is 0 Å². The summed E-state index contributed by atoms with van der Waals surface area (Å²) in [6, 6.07) is 4.22. The minimum absolute atomic E-state index is 0.100. The normalized spacial score (nSPS) is 13.1. The fourth-order valence-corrected chi connectivity index (χ4v) is 1.92. The first-order valence-corrected chi connectivity index (χ1v) is 7.04. The van der Waals surface area contributed by atoms with Gasteiger partial charge in [-0.2, -0.15) is 0 Å². The van der Waals surface area contributed by atoms with Crippen molar-refractivity contribution in [3.05, 3.63) is 18.3 Å². The lowest BCUT2D eigenvalue weighted by atomic mass is 9.85. The van der Waals surface area contributed by atoms with Gasteiger partial charge in [0.2, 0.25) is 0 Å². The SMILES string of the molecule is CCCNc1cc(NC(CCO)C(C)(C)C)ccn1. The van der Waals surface area contributed by atoms with Crippen LogP contribution in [0.2, 0.25) is 0 Å². The summed E-state index contributed by atoms with van der Waals surface area (Å²) in [4.78, 5) is 4.29. The van der Waals surface area contributed by atoms with Gasteiger partial charge in [-0.15, -0.1) is 0 Å². The van der Waals surface area contributed by atoms with E-state index in [1.807, 2.05) is 12.1 Å². The Morgan fingerprint density at radius 1 is 1.37 bits per heavy atom. The third kappa shape index (κ3) is 5.47. The Kier molecular flexibility index (Phi) is 6.09. The third-order valence-corrected chi connectivity index (χ3v) is 3.12. The highest BCUT2D eigenvalue weighted by atomic mass is 16.3. The van der Waals surface area contributed by atoms with E-state index in [-0.39, 0.29) is 18.1 Å². The van der Waals surface area contributed by atoms with Crippen molar-refractivity contribution in [1.29, 1.82) is 0 Å². The molecule has 0 aliphatic rings. The topological polar surface area (TPSA) is 57.2 Å². The van der Waals surface area contributed by atoms with E-state index < -0.39 is 0 Å². The van der Waals surface area contributed by atoms with E-state index in [1.54, 1.807) is 6.20 Å². The summed E-state index contributed by atoms with van der Waals surface area (Å²) in [6.07, 6.45) is 3.62. The van der Waals surface area contributed by atoms with E-state index in [2.05, 4.69) is 43.3 Å². The predicted molar refractivity (Wildman–Crippen MR) is 81.6 cm³/mol. The zero-order valence-electron chi connectivity index (χ0n) is 12.5. The van der Waals surface area contributed by atoms with E-state index in [9.17, 15) is 5.11 Å². The number of anilines is 2. The van der Waals surface area contributed by atoms with Crippen LogP contribution in [0.5, 0.6) is 0 Å². The first-order valence-electron chi connectivity index (χ1n) is 7.04. The van der Waals surface area contributed by atoms with Crippen LogP contribution in [0, 0.1) is 5.41 Å². The van der Waals surface area contributed by atoms with Crippen molar-refractivity contribution in [2.24, 2.45) is 5.41 Å². The standard InChI is InChI=1S/C15H27N3O/c1-5-8-16-14-11-12(6-9-17-14)18-13(7-10-19)15(2,3)4/h6,9,11,13,19H,5,7-8,10H2,1-4H3,(H2,16,17,18). The zero-order valence-corrected chi connectivity index (χ0v) is 12.5. The lowest BCUT2D eigenvalue weighted by Crippen LogP contribution is -2.34. The van der Waals surface area contributed by atoms with Gasteiger partial charge in [-0.25, -0.2) is 4.98 Å². The van der Waals surface area contributed by atoms with E-state index >= 15 is 0 Å². The molecule has 1 aromatic heterocycles. The van der Waals surface area contributed by atoms with Gasteiger partial charge >= 0.3 is 0 Å². The molecule has 3 N–H and O–H groups in total. The maximum absolute atomic E-state index is 9.18. The van der Waals surface area contributed by atoms with Crippen molar-refractivity contribution >= 4 is 11.5 Å². The number of aliphatic hydroxyl groups is 1. The number of nitrogens with zero attached hydrogens (tertiary/aromatic N) is 1. The van der Waals surface area contributed by atoms with E-state index in [0.29, 0.717) is 0 Å². The second kappa shape index (κ2) is 7.34. The molecule has 1 atom stereocenters. The monoisotopic (exact) mass is 265 g/mol. The molecule has 19 heavy (non-hydrogen) atoms. The van der Waals surface area contributed by atoms with Gasteiger partial charge < -0.3 is 15.7 Å². The molecule has 0 saturated carbocycles. The Balaban J connectivity index is 2.73. The van der Waals surface area contributed by atoms with Crippen LogP contribution in [0.3, 0.4) is 0 Å². The minimum Gasteiger partial charge on any atom is -0.396 e. The molecule has 4 heteroatoms. The maximum atomic E-state index is 9.18. The summed E-state index contributed by atoms with van der Waals surface area (Å²) in [7, 11) is 0. The fourth-order valence-electron chi connectivity index (χ4n) is 1.92. The molecule has 0 aliphatic carbocycles. The van der Waals surface area contributed by atoms with Crippen LogP contribution in [0.15, 0.2) is 18.3 Å². The zero-order chi connectivity index (χ0) is 14.3. The van der Waals surface area contributed by atoms with Crippen molar-refractivity contribution in [2.45, 2.75) is 46.6 Å². The van der Waals surface area contributed by atoms with Crippen molar-refractivity contribution in [3.63, 3.8) is 0 Å². The number of hydrogen-bond acceptors (Lipinski definition) is 4. The van der Waals surface area contributed by atoms with Gasteiger partial charge in [0, 0.05) is 37.1 Å². The Morgan fingerprint density at radius 2 is 2.11 bits per heavy atom. The number of hydrogen-bond donors (Lipinski definition) is 3. The van der Waals surface area contributed by atoms with E-state index in [0.717, 1.165) is 30.9 Å². The Labute approximate surface area is 116 Å². The molecular weight excluding hydrogens is 238 g/mol.